The molecule has 1 saturated heterocycles. The standard InChI is InChI=1S/C26H31ClF2N2O4S/c27-21-10-8-20(9-11-21)26(28,29)24(25(32)31-16-4-5-17-31)30-36(33,34)23-14-12-22(13-15-23)35-18-19-6-2-1-3-7-19/h8-15,19,24,30H,1-7,16-18H2/t24-/m0/s1. The van der Waals surface area contributed by atoms with Gasteiger partial charge in [0.1, 0.15) is 5.75 Å². The van der Waals surface area contributed by atoms with Gasteiger partial charge in [-0.1, -0.05) is 43.0 Å². The van der Waals surface area contributed by atoms with Gasteiger partial charge in [0.05, 0.1) is 11.5 Å². The molecule has 1 aliphatic heterocycles. The quantitative estimate of drug-likeness (QED) is 0.464. The summed E-state index contributed by atoms with van der Waals surface area (Å²) in [6.07, 6.45) is 7.22. The second-order valence-electron chi connectivity index (χ2n) is 9.50. The molecule has 10 heteroatoms. The Bertz CT molecular complexity index is 1130. The van der Waals surface area contributed by atoms with Crippen LogP contribution in [0.5, 0.6) is 5.75 Å². The summed E-state index contributed by atoms with van der Waals surface area (Å²) in [6, 6.07) is 8.07. The van der Waals surface area contributed by atoms with Crippen LogP contribution >= 0.6 is 11.6 Å². The third kappa shape index (κ3) is 6.36. The van der Waals surface area contributed by atoms with Crippen LogP contribution in [0.4, 0.5) is 8.78 Å². The molecule has 0 unspecified atom stereocenters. The molecule has 1 atom stereocenters. The van der Waals surface area contributed by atoms with Crippen molar-refractivity contribution in [3.63, 3.8) is 0 Å². The minimum atomic E-state index is -4.44. The maximum Gasteiger partial charge on any atom is 0.298 e. The summed E-state index contributed by atoms with van der Waals surface area (Å²) >= 11 is 5.83. The smallest absolute Gasteiger partial charge is 0.298 e. The SMILES string of the molecule is O=C([C@H](NS(=O)(=O)c1ccc(OCC2CCCCC2)cc1)C(F)(F)c1ccc(Cl)cc1)N1CCCC1. The topological polar surface area (TPSA) is 75.7 Å². The van der Waals surface area contributed by atoms with E-state index < -0.39 is 33.5 Å². The molecule has 0 radical (unpaired) electrons. The van der Waals surface area contributed by atoms with Crippen molar-refractivity contribution >= 4 is 27.5 Å². The first kappa shape index (κ1) is 26.8. The molecule has 36 heavy (non-hydrogen) atoms. The Morgan fingerprint density at radius 1 is 1.00 bits per heavy atom. The Hall–Kier alpha value is -2.23. The summed E-state index contributed by atoms with van der Waals surface area (Å²) < 4.78 is 65.3. The molecule has 1 amide bonds. The van der Waals surface area contributed by atoms with Gasteiger partial charge in [-0.2, -0.15) is 13.5 Å². The van der Waals surface area contributed by atoms with Gasteiger partial charge < -0.3 is 9.64 Å². The highest BCUT2D eigenvalue weighted by Crippen LogP contribution is 2.35. The van der Waals surface area contributed by atoms with E-state index >= 15 is 8.78 Å². The third-order valence-electron chi connectivity index (χ3n) is 6.87. The van der Waals surface area contributed by atoms with Crippen LogP contribution in [0, 0.1) is 5.92 Å². The maximum absolute atomic E-state index is 15.6. The van der Waals surface area contributed by atoms with E-state index in [4.69, 9.17) is 16.3 Å². The number of amides is 1. The van der Waals surface area contributed by atoms with E-state index in [-0.39, 0.29) is 9.92 Å². The number of nitrogens with zero attached hydrogens (tertiary/aromatic N) is 1. The minimum Gasteiger partial charge on any atom is -0.493 e. The van der Waals surface area contributed by atoms with E-state index in [9.17, 15) is 13.2 Å². The van der Waals surface area contributed by atoms with Gasteiger partial charge in [-0.3, -0.25) is 4.79 Å². The molecule has 4 rings (SSSR count). The van der Waals surface area contributed by atoms with Crippen LogP contribution < -0.4 is 9.46 Å². The molecule has 1 heterocycles. The van der Waals surface area contributed by atoms with Crippen LogP contribution in [0.15, 0.2) is 53.4 Å². The predicted octanol–water partition coefficient (Wildman–Crippen LogP) is 5.36. The maximum atomic E-state index is 15.6. The van der Waals surface area contributed by atoms with E-state index in [0.717, 1.165) is 25.0 Å². The average molecular weight is 541 g/mol. The molecule has 1 aliphatic carbocycles. The summed E-state index contributed by atoms with van der Waals surface area (Å²) in [4.78, 5) is 14.2. The Morgan fingerprint density at radius 2 is 1.61 bits per heavy atom. The van der Waals surface area contributed by atoms with Crippen LogP contribution in [0.1, 0.15) is 50.5 Å². The van der Waals surface area contributed by atoms with Gasteiger partial charge in [-0.05, 0) is 68.0 Å². The number of sulfonamides is 1. The summed E-state index contributed by atoms with van der Waals surface area (Å²) in [5.74, 6) is -3.77. The summed E-state index contributed by atoms with van der Waals surface area (Å²) in [5.41, 5.74) is -0.501. The average Bonchev–Trinajstić information content (AvgIpc) is 3.42. The zero-order valence-electron chi connectivity index (χ0n) is 20.0. The number of ether oxygens (including phenoxy) is 1. The van der Waals surface area contributed by atoms with Crippen LogP contribution in [0.3, 0.4) is 0 Å². The molecule has 0 spiro atoms. The number of nitrogens with one attached hydrogen (secondary N) is 1. The third-order valence-corrected chi connectivity index (χ3v) is 8.56. The van der Waals surface area contributed by atoms with Gasteiger partial charge in [-0.25, -0.2) is 8.42 Å². The van der Waals surface area contributed by atoms with E-state index in [0.29, 0.717) is 44.2 Å². The number of rotatable bonds is 9. The minimum absolute atomic E-state index is 0.223. The molecule has 196 valence electrons. The lowest BCUT2D eigenvalue weighted by Crippen LogP contribution is -2.55. The molecule has 0 bridgehead atoms. The Morgan fingerprint density at radius 3 is 2.22 bits per heavy atom. The van der Waals surface area contributed by atoms with Crippen molar-refractivity contribution in [1.82, 2.24) is 9.62 Å². The predicted molar refractivity (Wildman–Crippen MR) is 134 cm³/mol. The summed E-state index contributed by atoms with van der Waals surface area (Å²) in [7, 11) is -4.44. The highest BCUT2D eigenvalue weighted by atomic mass is 35.5. The monoisotopic (exact) mass is 540 g/mol. The van der Waals surface area contributed by atoms with E-state index in [2.05, 4.69) is 0 Å². The van der Waals surface area contributed by atoms with Gasteiger partial charge in [0.25, 0.3) is 5.92 Å². The lowest BCUT2D eigenvalue weighted by Gasteiger charge is -2.30. The zero-order chi connectivity index (χ0) is 25.8. The molecule has 1 saturated carbocycles. The van der Waals surface area contributed by atoms with Crippen LogP contribution in [-0.4, -0.2) is 45.0 Å². The van der Waals surface area contributed by atoms with Gasteiger partial charge in [0.15, 0.2) is 6.04 Å². The molecule has 1 N–H and O–H groups in total. The summed E-state index contributed by atoms with van der Waals surface area (Å²) in [5, 5.41) is 0.253. The first-order valence-electron chi connectivity index (χ1n) is 12.3. The fourth-order valence-corrected chi connectivity index (χ4v) is 6.06. The number of benzene rings is 2. The van der Waals surface area contributed by atoms with Crippen molar-refractivity contribution in [1.29, 1.82) is 0 Å². The fraction of sp³-hybridized carbons (Fsp3) is 0.500. The largest absolute Gasteiger partial charge is 0.493 e. The van der Waals surface area contributed by atoms with Gasteiger partial charge in [0.2, 0.25) is 15.9 Å². The molecule has 2 aromatic rings. The lowest BCUT2D eigenvalue weighted by molar-refractivity contribution is -0.143. The molecule has 2 fully saturated rings. The number of likely N-dealkylation sites (tertiary alicyclic amines) is 1. The zero-order valence-corrected chi connectivity index (χ0v) is 21.5. The number of alkyl halides is 2. The molecule has 6 nitrogen and oxygen atoms in total. The van der Waals surface area contributed by atoms with Crippen LogP contribution in [0.2, 0.25) is 5.02 Å². The van der Waals surface area contributed by atoms with Crippen LogP contribution in [-0.2, 0) is 20.7 Å². The van der Waals surface area contributed by atoms with Crippen molar-refractivity contribution < 1.29 is 26.7 Å². The molecular weight excluding hydrogens is 510 g/mol. The Kier molecular flexibility index (Phi) is 8.52. The van der Waals surface area contributed by atoms with Crippen molar-refractivity contribution in [3.8, 4) is 5.75 Å². The highest BCUT2D eigenvalue weighted by Gasteiger charge is 2.49. The fourth-order valence-electron chi connectivity index (χ4n) is 4.74. The van der Waals surface area contributed by atoms with Gasteiger partial charge in [0, 0.05) is 23.7 Å². The van der Waals surface area contributed by atoms with Crippen LogP contribution in [0.25, 0.3) is 0 Å². The van der Waals surface area contributed by atoms with E-state index in [1.54, 1.807) is 0 Å². The van der Waals surface area contributed by atoms with Gasteiger partial charge in [-0.15, -0.1) is 0 Å². The number of hydrogen-bond donors (Lipinski definition) is 1. The number of hydrogen-bond acceptors (Lipinski definition) is 4. The van der Waals surface area contributed by atoms with Crippen molar-refractivity contribution in [2.75, 3.05) is 19.7 Å². The first-order chi connectivity index (χ1) is 17.2. The normalized spacial score (nSPS) is 18.2. The van der Waals surface area contributed by atoms with Crippen molar-refractivity contribution in [3.05, 3.63) is 59.1 Å². The van der Waals surface area contributed by atoms with E-state index in [1.165, 1.54) is 60.6 Å². The molecule has 2 aromatic carbocycles. The lowest BCUT2D eigenvalue weighted by atomic mass is 9.90. The van der Waals surface area contributed by atoms with E-state index in [1.807, 2.05) is 4.72 Å². The second kappa shape index (κ2) is 11.4. The Balaban J connectivity index is 1.53. The number of halogens is 3. The number of carbonyl (C=O) groups excluding carboxylic acids is 1. The first-order valence-corrected chi connectivity index (χ1v) is 14.2. The highest BCUT2D eigenvalue weighted by molar-refractivity contribution is 7.89. The summed E-state index contributed by atoms with van der Waals surface area (Å²) in [6.45, 7) is 1.17. The van der Waals surface area contributed by atoms with Gasteiger partial charge >= 0.3 is 0 Å². The Labute approximate surface area is 216 Å². The molecule has 0 aromatic heterocycles. The van der Waals surface area contributed by atoms with Crippen molar-refractivity contribution in [2.24, 2.45) is 5.92 Å². The second-order valence-corrected chi connectivity index (χ2v) is 11.7. The number of carbonyl (C=O) groups is 1. The van der Waals surface area contributed by atoms with Crippen molar-refractivity contribution in [2.45, 2.75) is 61.8 Å². The molecule has 2 aliphatic rings. The molecular formula is C26H31ClF2N2O4S.